The minimum absolute atomic E-state index is 0.119. The van der Waals surface area contributed by atoms with E-state index in [-0.39, 0.29) is 31.6 Å². The van der Waals surface area contributed by atoms with E-state index < -0.39 is 22.2 Å². The Morgan fingerprint density at radius 3 is 1.04 bits per heavy atom. The molecule has 3 aromatic heterocycles. The van der Waals surface area contributed by atoms with Gasteiger partial charge in [-0.2, -0.15) is 0 Å². The minimum Gasteiger partial charge on any atom is -0.297 e. The van der Waals surface area contributed by atoms with Crippen LogP contribution in [0.4, 0.5) is 0 Å². The second-order valence-electron chi connectivity index (χ2n) is 5.29. The fourth-order valence-electron chi connectivity index (χ4n) is 2.11. The molecule has 0 atom stereocenters. The summed E-state index contributed by atoms with van der Waals surface area (Å²) >= 11 is 9.86. The Morgan fingerprint density at radius 1 is 0.536 bits per heavy atom. The number of nitrogens with one attached hydrogen (secondary N) is 4. The first-order valence-electron chi connectivity index (χ1n) is 7.61. The summed E-state index contributed by atoms with van der Waals surface area (Å²) in [6, 6.07) is 8.26. The van der Waals surface area contributed by atoms with Crippen molar-refractivity contribution in [1.29, 1.82) is 0 Å². The van der Waals surface area contributed by atoms with Crippen molar-refractivity contribution in [2.24, 2.45) is 0 Å². The van der Waals surface area contributed by atoms with E-state index in [1.54, 1.807) is 0 Å². The summed E-state index contributed by atoms with van der Waals surface area (Å²) in [6.07, 6.45) is 0. The maximum absolute atomic E-state index is 12.2. The molecule has 10 nitrogen and oxygen atoms in total. The SMILES string of the molecule is O=c1[nH]c(=S)[nH]c(=O)c2cccc(n2)c(=O)[nH]c(=S)[nH]c(=O)c2cccc1n2. The van der Waals surface area contributed by atoms with Gasteiger partial charge in [0.2, 0.25) is 0 Å². The molecule has 0 aromatic carbocycles. The van der Waals surface area contributed by atoms with Gasteiger partial charge < -0.3 is 0 Å². The highest BCUT2D eigenvalue weighted by atomic mass is 32.1. The van der Waals surface area contributed by atoms with Crippen LogP contribution in [-0.2, 0) is 0 Å². The summed E-state index contributed by atoms with van der Waals surface area (Å²) in [6.45, 7) is 0. The number of nitrogens with zero attached hydrogens (tertiary/aromatic N) is 2. The summed E-state index contributed by atoms with van der Waals surface area (Å²) < 4.78 is -0.590. The zero-order valence-corrected chi connectivity index (χ0v) is 15.4. The standard InChI is InChI=1S/C16H10N6O4S2/c23-11-7-3-1-4-8(17-7)12(24)20-16(28)22-14(26)10-6-2-5-9(18-10)13(25)21-15(27)19-11/h1-6H,(H2,19,21,23,25,27)(H2,20,22,24,26,28). The first-order chi connectivity index (χ1) is 13.3. The van der Waals surface area contributed by atoms with Gasteiger partial charge in [-0.25, -0.2) is 9.97 Å². The van der Waals surface area contributed by atoms with Crippen LogP contribution in [-0.4, -0.2) is 29.9 Å². The Labute approximate surface area is 164 Å². The van der Waals surface area contributed by atoms with Gasteiger partial charge in [-0.3, -0.25) is 39.1 Å². The van der Waals surface area contributed by atoms with E-state index in [1.807, 2.05) is 0 Å². The zero-order valence-electron chi connectivity index (χ0n) is 13.8. The lowest BCUT2D eigenvalue weighted by molar-refractivity contribution is 1.09. The molecule has 0 saturated heterocycles. The van der Waals surface area contributed by atoms with E-state index >= 15 is 0 Å². The molecule has 0 spiro atoms. The Bertz CT molecular complexity index is 1330. The molecule has 0 aliphatic rings. The third-order valence-electron chi connectivity index (χ3n) is 3.34. The summed E-state index contributed by atoms with van der Waals surface area (Å²) in [5.74, 6) is 0. The van der Waals surface area contributed by atoms with Gasteiger partial charge in [-0.1, -0.05) is 12.1 Å². The van der Waals surface area contributed by atoms with Gasteiger partial charge >= 0.3 is 0 Å². The first-order valence-corrected chi connectivity index (χ1v) is 8.42. The van der Waals surface area contributed by atoms with Gasteiger partial charge in [-0.05, 0) is 48.7 Å². The van der Waals surface area contributed by atoms with Crippen molar-refractivity contribution >= 4 is 46.5 Å². The largest absolute Gasteiger partial charge is 0.297 e. The Hall–Kier alpha value is -3.64. The van der Waals surface area contributed by atoms with Gasteiger partial charge in [0.25, 0.3) is 22.2 Å². The third-order valence-corrected chi connectivity index (χ3v) is 3.75. The number of aromatic nitrogens is 6. The van der Waals surface area contributed by atoms with Crippen molar-refractivity contribution in [3.63, 3.8) is 0 Å². The number of H-pyrrole nitrogens is 4. The van der Waals surface area contributed by atoms with Crippen LogP contribution in [0.5, 0.6) is 0 Å². The number of hydrogen-bond donors (Lipinski definition) is 4. The van der Waals surface area contributed by atoms with Gasteiger partial charge in [-0.15, -0.1) is 0 Å². The molecule has 4 N–H and O–H groups in total. The second kappa shape index (κ2) is 7.94. The van der Waals surface area contributed by atoms with Crippen LogP contribution in [0.2, 0.25) is 0 Å². The smallest absolute Gasteiger partial charge is 0.276 e. The van der Waals surface area contributed by atoms with Crippen LogP contribution in [0, 0.1) is 9.54 Å². The van der Waals surface area contributed by atoms with E-state index in [4.69, 9.17) is 24.4 Å². The fourth-order valence-corrected chi connectivity index (χ4v) is 2.48. The maximum Gasteiger partial charge on any atom is 0.276 e. The molecular weight excluding hydrogens is 404 g/mol. The average Bonchev–Trinajstić information content (AvgIpc) is 2.67. The molecule has 0 aliphatic carbocycles. The van der Waals surface area contributed by atoms with E-state index in [0.29, 0.717) is 0 Å². The number of hydrogen-bond acceptors (Lipinski definition) is 8. The predicted octanol–water partition coefficient (Wildman–Crippen LogP) is 0.682. The van der Waals surface area contributed by atoms with Crippen LogP contribution in [0.25, 0.3) is 22.1 Å². The molecule has 3 rings (SSSR count). The fraction of sp³-hybridized carbons (Fsp3) is 0. The van der Waals surface area contributed by atoms with Gasteiger partial charge in [0.1, 0.15) is 22.1 Å². The molecule has 4 bridgehead atoms. The van der Waals surface area contributed by atoms with Crippen LogP contribution >= 0.6 is 24.4 Å². The molecule has 0 unspecified atom stereocenters. The summed E-state index contributed by atoms with van der Waals surface area (Å²) in [5.41, 5.74) is -3.40. The van der Waals surface area contributed by atoms with E-state index in [2.05, 4.69) is 29.9 Å². The monoisotopic (exact) mass is 414 g/mol. The van der Waals surface area contributed by atoms with Crippen LogP contribution < -0.4 is 22.2 Å². The molecule has 0 fully saturated rings. The molecule has 3 aromatic rings. The summed E-state index contributed by atoms with van der Waals surface area (Å²) in [4.78, 5) is 65.9. The number of aromatic amines is 4. The van der Waals surface area contributed by atoms with Crippen molar-refractivity contribution in [3.05, 3.63) is 87.4 Å². The van der Waals surface area contributed by atoms with E-state index in [0.717, 1.165) is 0 Å². The molecule has 28 heavy (non-hydrogen) atoms. The Balaban J connectivity index is 2.63. The Kier molecular flexibility index (Phi) is 5.42. The number of rotatable bonds is 0. The van der Waals surface area contributed by atoms with Crippen molar-refractivity contribution < 1.29 is 0 Å². The Morgan fingerprint density at radius 2 is 0.786 bits per heavy atom. The molecule has 0 aliphatic heterocycles. The average molecular weight is 414 g/mol. The van der Waals surface area contributed by atoms with Crippen molar-refractivity contribution in [2.75, 3.05) is 0 Å². The number of pyridine rings is 2. The summed E-state index contributed by atoms with van der Waals surface area (Å²) in [5, 5.41) is 0. The van der Waals surface area contributed by atoms with Gasteiger partial charge in [0.05, 0.1) is 0 Å². The topological polar surface area (TPSA) is 157 Å². The highest BCUT2D eigenvalue weighted by Crippen LogP contribution is 1.93. The lowest BCUT2D eigenvalue weighted by atomic mass is 10.4. The highest BCUT2D eigenvalue weighted by Gasteiger charge is 1.97. The van der Waals surface area contributed by atoms with Crippen LogP contribution in [0.3, 0.4) is 0 Å². The van der Waals surface area contributed by atoms with Crippen LogP contribution in [0.1, 0.15) is 0 Å². The molecule has 0 saturated carbocycles. The molecule has 0 radical (unpaired) electrons. The lowest BCUT2D eigenvalue weighted by Gasteiger charge is -1.89. The molecule has 12 heteroatoms. The van der Waals surface area contributed by atoms with Gasteiger partial charge in [0, 0.05) is 0 Å². The van der Waals surface area contributed by atoms with Crippen molar-refractivity contribution in [3.8, 4) is 0 Å². The third kappa shape index (κ3) is 4.36. The summed E-state index contributed by atoms with van der Waals surface area (Å²) in [7, 11) is 0. The molecule has 0 amide bonds. The second-order valence-corrected chi connectivity index (χ2v) is 6.11. The normalized spacial score (nSPS) is 10.3. The first kappa shape index (κ1) is 19.1. The zero-order chi connectivity index (χ0) is 20.3. The lowest BCUT2D eigenvalue weighted by Crippen LogP contribution is -2.13. The minimum atomic E-state index is -0.732. The molecular formula is C16H10N6O4S2. The maximum atomic E-state index is 12.2. The highest BCUT2D eigenvalue weighted by molar-refractivity contribution is 7.71. The van der Waals surface area contributed by atoms with Crippen molar-refractivity contribution in [1.82, 2.24) is 29.9 Å². The van der Waals surface area contributed by atoms with Crippen molar-refractivity contribution in [2.45, 2.75) is 0 Å². The van der Waals surface area contributed by atoms with Crippen LogP contribution in [0.15, 0.2) is 55.6 Å². The van der Waals surface area contributed by atoms with Gasteiger partial charge in [0.15, 0.2) is 9.54 Å². The van der Waals surface area contributed by atoms with E-state index in [9.17, 15) is 19.2 Å². The quantitative estimate of drug-likeness (QED) is 0.391. The van der Waals surface area contributed by atoms with E-state index in [1.165, 1.54) is 36.4 Å². The molecule has 140 valence electrons. The number of fused-ring (bicyclic) bond motifs is 4. The predicted molar refractivity (Wildman–Crippen MR) is 108 cm³/mol. The molecule has 3 heterocycles.